The minimum atomic E-state index is -1.11. The summed E-state index contributed by atoms with van der Waals surface area (Å²) in [5.41, 5.74) is 11.8. The van der Waals surface area contributed by atoms with Crippen LogP contribution >= 0.6 is 0 Å². The van der Waals surface area contributed by atoms with E-state index in [1.807, 2.05) is 30.3 Å². The molecule has 0 heterocycles. The summed E-state index contributed by atoms with van der Waals surface area (Å²) in [5.74, 6) is -1.66. The van der Waals surface area contributed by atoms with Crippen molar-refractivity contribution in [3.63, 3.8) is 0 Å². The number of carboxylic acid groups (broad SMARTS) is 1. The van der Waals surface area contributed by atoms with Gasteiger partial charge in [-0.1, -0.05) is 30.3 Å². The van der Waals surface area contributed by atoms with Gasteiger partial charge in [0, 0.05) is 0 Å². The van der Waals surface area contributed by atoms with Gasteiger partial charge in [0.25, 0.3) is 0 Å². The summed E-state index contributed by atoms with van der Waals surface area (Å²) in [5, 5.41) is 8.60. The van der Waals surface area contributed by atoms with E-state index in [4.69, 9.17) is 21.3 Å². The molecule has 1 aromatic rings. The Morgan fingerprint density at radius 3 is 2.26 bits per heavy atom. The van der Waals surface area contributed by atoms with Crippen molar-refractivity contribution >= 4 is 11.9 Å². The van der Waals surface area contributed by atoms with E-state index in [1.165, 1.54) is 0 Å². The molecule has 0 spiro atoms. The fourth-order valence-corrected chi connectivity index (χ4v) is 1.44. The van der Waals surface area contributed by atoms with E-state index >= 15 is 0 Å². The van der Waals surface area contributed by atoms with Crippen LogP contribution in [0.1, 0.15) is 18.4 Å². The highest BCUT2D eigenvalue weighted by atomic mass is 16.5. The molecule has 0 saturated carbocycles. The third-order valence-corrected chi connectivity index (χ3v) is 2.63. The average molecular weight is 266 g/mol. The van der Waals surface area contributed by atoms with Crippen molar-refractivity contribution in [2.75, 3.05) is 0 Å². The first-order valence-corrected chi connectivity index (χ1v) is 5.95. The molecule has 19 heavy (non-hydrogen) atoms. The zero-order valence-electron chi connectivity index (χ0n) is 10.5. The summed E-state index contributed by atoms with van der Waals surface area (Å²) in [6.45, 7) is 0.151. The van der Waals surface area contributed by atoms with Gasteiger partial charge >= 0.3 is 11.9 Å². The molecule has 0 fully saturated rings. The van der Waals surface area contributed by atoms with E-state index < -0.39 is 24.0 Å². The number of benzene rings is 1. The number of aliphatic carboxylic acids is 1. The zero-order valence-corrected chi connectivity index (χ0v) is 10.5. The summed E-state index contributed by atoms with van der Waals surface area (Å²) in [7, 11) is 0. The number of hydrogen-bond donors (Lipinski definition) is 3. The van der Waals surface area contributed by atoms with Crippen molar-refractivity contribution in [3.05, 3.63) is 35.9 Å². The summed E-state index contributed by atoms with van der Waals surface area (Å²) >= 11 is 0. The molecule has 5 N–H and O–H groups in total. The number of carboxylic acids is 1. The summed E-state index contributed by atoms with van der Waals surface area (Å²) in [4.78, 5) is 22.1. The molecule has 0 aliphatic carbocycles. The van der Waals surface area contributed by atoms with Crippen LogP contribution in [0, 0.1) is 0 Å². The molecule has 1 unspecified atom stereocenters. The van der Waals surface area contributed by atoms with Gasteiger partial charge in [0.2, 0.25) is 0 Å². The summed E-state index contributed by atoms with van der Waals surface area (Å²) < 4.78 is 5.03. The molecule has 1 aromatic carbocycles. The Morgan fingerprint density at radius 2 is 1.68 bits per heavy atom. The Labute approximate surface area is 111 Å². The second-order valence-corrected chi connectivity index (χ2v) is 4.22. The third-order valence-electron chi connectivity index (χ3n) is 2.63. The van der Waals surface area contributed by atoms with Crippen molar-refractivity contribution in [2.24, 2.45) is 11.5 Å². The number of rotatable bonds is 7. The topological polar surface area (TPSA) is 116 Å². The normalized spacial score (nSPS) is 13.6. The number of carbonyl (C=O) groups excluding carboxylic acids is 1. The highest BCUT2D eigenvalue weighted by Gasteiger charge is 2.19. The highest BCUT2D eigenvalue weighted by Crippen LogP contribution is 2.04. The van der Waals surface area contributed by atoms with Crippen LogP contribution in [0.2, 0.25) is 0 Å². The summed E-state index contributed by atoms with van der Waals surface area (Å²) in [6, 6.07) is 7.36. The second kappa shape index (κ2) is 7.50. The Balaban J connectivity index is 2.31. The van der Waals surface area contributed by atoms with Crippen molar-refractivity contribution < 1.29 is 19.4 Å². The number of carbonyl (C=O) groups is 2. The molecule has 1 rings (SSSR count). The van der Waals surface area contributed by atoms with Gasteiger partial charge in [-0.15, -0.1) is 0 Å². The lowest BCUT2D eigenvalue weighted by molar-refractivity contribution is -0.147. The predicted molar refractivity (Wildman–Crippen MR) is 69.1 cm³/mol. The molecule has 0 aromatic heterocycles. The lowest BCUT2D eigenvalue weighted by Gasteiger charge is -2.12. The molecule has 0 bridgehead atoms. The van der Waals surface area contributed by atoms with Crippen molar-refractivity contribution in [1.82, 2.24) is 0 Å². The molecule has 6 heteroatoms. The largest absolute Gasteiger partial charge is 0.480 e. The molecule has 2 atom stereocenters. The van der Waals surface area contributed by atoms with E-state index in [1.54, 1.807) is 0 Å². The van der Waals surface area contributed by atoms with Crippen LogP contribution in [0.5, 0.6) is 0 Å². The Kier molecular flexibility index (Phi) is 5.98. The first-order valence-electron chi connectivity index (χ1n) is 5.95. The number of ether oxygens (including phenoxy) is 1. The molecule has 0 aliphatic rings. The molecule has 0 saturated heterocycles. The number of esters is 1. The molecule has 0 aliphatic heterocycles. The van der Waals surface area contributed by atoms with E-state index in [2.05, 4.69) is 0 Å². The van der Waals surface area contributed by atoms with E-state index in [9.17, 15) is 9.59 Å². The van der Waals surface area contributed by atoms with Gasteiger partial charge in [-0.05, 0) is 18.4 Å². The predicted octanol–water partition coefficient (Wildman–Crippen LogP) is 0.249. The maximum Gasteiger partial charge on any atom is 0.323 e. The zero-order chi connectivity index (χ0) is 14.3. The molecular weight excluding hydrogens is 248 g/mol. The van der Waals surface area contributed by atoms with Crippen molar-refractivity contribution in [2.45, 2.75) is 31.5 Å². The lowest BCUT2D eigenvalue weighted by Crippen LogP contribution is -2.36. The molecule has 0 radical (unpaired) electrons. The minimum absolute atomic E-state index is 0.136. The Morgan fingerprint density at radius 1 is 1.11 bits per heavy atom. The van der Waals surface area contributed by atoms with Crippen LogP contribution in [0.25, 0.3) is 0 Å². The van der Waals surface area contributed by atoms with E-state index in [0.717, 1.165) is 5.56 Å². The molecule has 104 valence electrons. The van der Waals surface area contributed by atoms with Gasteiger partial charge in [0.1, 0.15) is 18.7 Å². The van der Waals surface area contributed by atoms with Crippen LogP contribution in [0.15, 0.2) is 30.3 Å². The maximum atomic E-state index is 11.6. The molecular formula is C13H18N2O4. The first kappa shape index (κ1) is 15.1. The van der Waals surface area contributed by atoms with Crippen LogP contribution in [0.4, 0.5) is 0 Å². The average Bonchev–Trinajstić information content (AvgIpc) is 2.42. The number of nitrogens with two attached hydrogens (primary N) is 2. The van der Waals surface area contributed by atoms with Gasteiger partial charge in [-0.25, -0.2) is 0 Å². The Hall–Kier alpha value is -1.92. The molecule has 6 nitrogen and oxygen atoms in total. The number of hydrogen-bond acceptors (Lipinski definition) is 5. The quantitative estimate of drug-likeness (QED) is 0.609. The van der Waals surface area contributed by atoms with Gasteiger partial charge in [-0.2, -0.15) is 0 Å². The van der Waals surface area contributed by atoms with Crippen LogP contribution in [-0.4, -0.2) is 29.1 Å². The standard InChI is InChI=1S/C13H18N2O4/c14-10(12(16)17)6-7-11(15)13(18)19-8-9-4-2-1-3-5-9/h1-5,10-11H,6-8,14-15H2,(H,16,17)/t10-,11?/m1/s1. The molecule has 0 amide bonds. The highest BCUT2D eigenvalue weighted by molar-refractivity contribution is 5.76. The first-order chi connectivity index (χ1) is 9.00. The fraction of sp³-hybridized carbons (Fsp3) is 0.385. The minimum Gasteiger partial charge on any atom is -0.480 e. The monoisotopic (exact) mass is 266 g/mol. The Bertz CT molecular complexity index is 422. The second-order valence-electron chi connectivity index (χ2n) is 4.22. The van der Waals surface area contributed by atoms with Gasteiger partial charge in [0.15, 0.2) is 0 Å². The van der Waals surface area contributed by atoms with Crippen LogP contribution in [0.3, 0.4) is 0 Å². The lowest BCUT2D eigenvalue weighted by atomic mass is 10.1. The van der Waals surface area contributed by atoms with E-state index in [0.29, 0.717) is 0 Å². The van der Waals surface area contributed by atoms with Crippen molar-refractivity contribution in [1.29, 1.82) is 0 Å². The van der Waals surface area contributed by atoms with Crippen LogP contribution < -0.4 is 11.5 Å². The van der Waals surface area contributed by atoms with E-state index in [-0.39, 0.29) is 19.4 Å². The maximum absolute atomic E-state index is 11.6. The van der Waals surface area contributed by atoms with Crippen molar-refractivity contribution in [3.8, 4) is 0 Å². The SMILES string of the molecule is NC(CC[C@@H](N)C(=O)O)C(=O)OCc1ccccc1. The van der Waals surface area contributed by atoms with Gasteiger partial charge in [0.05, 0.1) is 0 Å². The smallest absolute Gasteiger partial charge is 0.323 e. The summed E-state index contributed by atoms with van der Waals surface area (Å²) in [6.07, 6.45) is 0.317. The third kappa shape index (κ3) is 5.50. The van der Waals surface area contributed by atoms with Gasteiger partial charge < -0.3 is 21.3 Å². The van der Waals surface area contributed by atoms with Crippen LogP contribution in [-0.2, 0) is 20.9 Å². The van der Waals surface area contributed by atoms with Gasteiger partial charge in [-0.3, -0.25) is 9.59 Å². The fourth-order valence-electron chi connectivity index (χ4n) is 1.44.